The minimum absolute atomic E-state index is 0.0249. The Labute approximate surface area is 134 Å². The van der Waals surface area contributed by atoms with Gasteiger partial charge in [-0.05, 0) is 30.3 Å². The Balaban J connectivity index is 1.59. The zero-order valence-corrected chi connectivity index (χ0v) is 12.9. The summed E-state index contributed by atoms with van der Waals surface area (Å²) in [6.07, 6.45) is 2.92. The Bertz CT molecular complexity index is 671. The first kappa shape index (κ1) is 15.1. The largest absolute Gasteiger partial charge is 0.497 e. The smallest absolute Gasteiger partial charge is 0.257 e. The van der Waals surface area contributed by atoms with E-state index in [2.05, 4.69) is 0 Å². The van der Waals surface area contributed by atoms with Gasteiger partial charge in [-0.3, -0.25) is 9.59 Å². The minimum Gasteiger partial charge on any atom is -0.497 e. The van der Waals surface area contributed by atoms with Crippen LogP contribution in [0.2, 0.25) is 0 Å². The molecule has 6 nitrogen and oxygen atoms in total. The van der Waals surface area contributed by atoms with Gasteiger partial charge in [0.2, 0.25) is 0 Å². The van der Waals surface area contributed by atoms with E-state index in [1.165, 1.54) is 12.5 Å². The molecule has 2 heterocycles. The SMILES string of the molecule is COc1ccc(C(=O)N2CCN(C(=O)c3ccoc3)CC2)cc1. The summed E-state index contributed by atoms with van der Waals surface area (Å²) in [5, 5.41) is 0. The molecule has 3 rings (SSSR count). The Morgan fingerprint density at radius 1 is 0.913 bits per heavy atom. The fraction of sp³-hybridized carbons (Fsp3) is 0.294. The highest BCUT2D eigenvalue weighted by atomic mass is 16.5. The van der Waals surface area contributed by atoms with E-state index in [1.807, 2.05) is 0 Å². The summed E-state index contributed by atoms with van der Waals surface area (Å²) in [5.74, 6) is 0.635. The summed E-state index contributed by atoms with van der Waals surface area (Å²) in [7, 11) is 1.59. The lowest BCUT2D eigenvalue weighted by Gasteiger charge is -2.34. The summed E-state index contributed by atoms with van der Waals surface area (Å²) in [6, 6.07) is 8.70. The van der Waals surface area contributed by atoms with Gasteiger partial charge in [0.15, 0.2) is 0 Å². The van der Waals surface area contributed by atoms with Gasteiger partial charge < -0.3 is 19.0 Å². The zero-order chi connectivity index (χ0) is 16.2. The first-order valence-electron chi connectivity index (χ1n) is 7.44. The number of hydrogen-bond acceptors (Lipinski definition) is 4. The Morgan fingerprint density at radius 2 is 1.48 bits per heavy atom. The number of methoxy groups -OCH3 is 1. The van der Waals surface area contributed by atoms with Crippen molar-refractivity contribution in [2.75, 3.05) is 33.3 Å². The third-order valence-electron chi connectivity index (χ3n) is 3.96. The number of benzene rings is 1. The van der Waals surface area contributed by atoms with E-state index < -0.39 is 0 Å². The number of carbonyl (C=O) groups is 2. The van der Waals surface area contributed by atoms with Crippen LogP contribution in [0.25, 0.3) is 0 Å². The highest BCUT2D eigenvalue weighted by Crippen LogP contribution is 2.15. The van der Waals surface area contributed by atoms with E-state index in [9.17, 15) is 9.59 Å². The molecule has 0 atom stereocenters. The standard InChI is InChI=1S/C17H18N2O4/c1-22-15-4-2-13(3-5-15)16(20)18-7-9-19(10-8-18)17(21)14-6-11-23-12-14/h2-6,11-12H,7-10H2,1H3. The maximum Gasteiger partial charge on any atom is 0.257 e. The average Bonchev–Trinajstić information content (AvgIpc) is 3.15. The normalized spacial score (nSPS) is 14.7. The first-order chi connectivity index (χ1) is 11.2. The van der Waals surface area contributed by atoms with Crippen molar-refractivity contribution in [3.63, 3.8) is 0 Å². The number of amides is 2. The molecule has 1 aliphatic heterocycles. The third-order valence-corrected chi connectivity index (χ3v) is 3.96. The van der Waals surface area contributed by atoms with Gasteiger partial charge in [-0.25, -0.2) is 0 Å². The zero-order valence-electron chi connectivity index (χ0n) is 12.9. The summed E-state index contributed by atoms with van der Waals surface area (Å²) in [5.41, 5.74) is 1.17. The van der Waals surface area contributed by atoms with Crippen molar-refractivity contribution in [3.05, 3.63) is 54.0 Å². The fourth-order valence-electron chi connectivity index (χ4n) is 2.60. The predicted octanol–water partition coefficient (Wildman–Crippen LogP) is 1.89. The number of piperazine rings is 1. The summed E-state index contributed by atoms with van der Waals surface area (Å²) in [6.45, 7) is 2.08. The molecule has 0 N–H and O–H groups in total. The number of furan rings is 1. The quantitative estimate of drug-likeness (QED) is 0.868. The van der Waals surface area contributed by atoms with Crippen LogP contribution in [0.4, 0.5) is 0 Å². The molecule has 0 saturated carbocycles. The summed E-state index contributed by atoms with van der Waals surface area (Å²) in [4.78, 5) is 28.2. The molecular weight excluding hydrogens is 296 g/mol. The van der Waals surface area contributed by atoms with Gasteiger partial charge >= 0.3 is 0 Å². The van der Waals surface area contributed by atoms with Crippen molar-refractivity contribution in [2.45, 2.75) is 0 Å². The van der Waals surface area contributed by atoms with Crippen molar-refractivity contribution in [1.29, 1.82) is 0 Å². The Hall–Kier alpha value is -2.76. The lowest BCUT2D eigenvalue weighted by atomic mass is 10.1. The van der Waals surface area contributed by atoms with Crippen molar-refractivity contribution in [1.82, 2.24) is 9.80 Å². The van der Waals surface area contributed by atoms with E-state index in [0.717, 1.165) is 5.75 Å². The van der Waals surface area contributed by atoms with E-state index in [0.29, 0.717) is 37.3 Å². The van der Waals surface area contributed by atoms with Crippen molar-refractivity contribution in [2.24, 2.45) is 0 Å². The van der Waals surface area contributed by atoms with Crippen LogP contribution in [0.15, 0.2) is 47.3 Å². The maximum absolute atomic E-state index is 12.5. The summed E-state index contributed by atoms with van der Waals surface area (Å²) >= 11 is 0. The van der Waals surface area contributed by atoms with Gasteiger partial charge in [0.05, 0.1) is 18.9 Å². The molecule has 1 aliphatic rings. The molecule has 1 aromatic carbocycles. The molecule has 0 bridgehead atoms. The van der Waals surface area contributed by atoms with E-state index in [4.69, 9.17) is 9.15 Å². The molecule has 2 amide bonds. The monoisotopic (exact) mass is 314 g/mol. The summed E-state index contributed by atoms with van der Waals surface area (Å²) < 4.78 is 10.0. The number of hydrogen-bond donors (Lipinski definition) is 0. The fourth-order valence-corrected chi connectivity index (χ4v) is 2.60. The number of carbonyl (C=O) groups excluding carboxylic acids is 2. The highest BCUT2D eigenvalue weighted by molar-refractivity contribution is 5.95. The van der Waals surface area contributed by atoms with Crippen LogP contribution >= 0.6 is 0 Å². The van der Waals surface area contributed by atoms with E-state index in [1.54, 1.807) is 47.2 Å². The maximum atomic E-state index is 12.5. The average molecular weight is 314 g/mol. The van der Waals surface area contributed by atoms with Gasteiger partial charge in [0.1, 0.15) is 12.0 Å². The molecule has 1 saturated heterocycles. The molecule has 6 heteroatoms. The number of ether oxygens (including phenoxy) is 1. The van der Waals surface area contributed by atoms with Crippen molar-refractivity contribution in [3.8, 4) is 5.75 Å². The van der Waals surface area contributed by atoms with Crippen LogP contribution in [0.1, 0.15) is 20.7 Å². The molecule has 1 fully saturated rings. The van der Waals surface area contributed by atoms with Gasteiger partial charge in [-0.2, -0.15) is 0 Å². The Kier molecular flexibility index (Phi) is 4.32. The second kappa shape index (κ2) is 6.56. The van der Waals surface area contributed by atoms with Crippen LogP contribution in [0, 0.1) is 0 Å². The van der Waals surface area contributed by atoms with Gasteiger partial charge in [-0.15, -0.1) is 0 Å². The van der Waals surface area contributed by atoms with Gasteiger partial charge in [-0.1, -0.05) is 0 Å². The minimum atomic E-state index is -0.0599. The topological polar surface area (TPSA) is 63.0 Å². The van der Waals surface area contributed by atoms with E-state index >= 15 is 0 Å². The van der Waals surface area contributed by atoms with Gasteiger partial charge in [0, 0.05) is 31.7 Å². The lowest BCUT2D eigenvalue weighted by molar-refractivity contribution is 0.0535. The second-order valence-corrected chi connectivity index (χ2v) is 5.32. The molecule has 1 aromatic heterocycles. The van der Waals surface area contributed by atoms with E-state index in [-0.39, 0.29) is 11.8 Å². The molecule has 0 spiro atoms. The lowest BCUT2D eigenvalue weighted by Crippen LogP contribution is -2.50. The predicted molar refractivity (Wildman–Crippen MR) is 83.5 cm³/mol. The highest BCUT2D eigenvalue weighted by Gasteiger charge is 2.25. The van der Waals surface area contributed by atoms with Crippen LogP contribution < -0.4 is 4.74 Å². The molecule has 0 radical (unpaired) electrons. The Morgan fingerprint density at radius 3 is 1.96 bits per heavy atom. The molecule has 0 aliphatic carbocycles. The molecule has 0 unspecified atom stereocenters. The van der Waals surface area contributed by atoms with Crippen LogP contribution in [-0.4, -0.2) is 54.9 Å². The first-order valence-corrected chi connectivity index (χ1v) is 7.44. The van der Waals surface area contributed by atoms with Crippen LogP contribution in [0.3, 0.4) is 0 Å². The number of rotatable bonds is 3. The van der Waals surface area contributed by atoms with Crippen molar-refractivity contribution < 1.29 is 18.7 Å². The molecule has 120 valence electrons. The second-order valence-electron chi connectivity index (χ2n) is 5.32. The van der Waals surface area contributed by atoms with Crippen molar-refractivity contribution >= 4 is 11.8 Å². The molecular formula is C17H18N2O4. The van der Waals surface area contributed by atoms with Crippen LogP contribution in [-0.2, 0) is 0 Å². The third kappa shape index (κ3) is 3.21. The molecule has 23 heavy (non-hydrogen) atoms. The van der Waals surface area contributed by atoms with Gasteiger partial charge in [0.25, 0.3) is 11.8 Å². The molecule has 2 aromatic rings. The number of nitrogens with zero attached hydrogens (tertiary/aromatic N) is 2. The van der Waals surface area contributed by atoms with Crippen LogP contribution in [0.5, 0.6) is 5.75 Å².